The largest absolute Gasteiger partial charge is 0.0622 e. The van der Waals surface area contributed by atoms with E-state index in [9.17, 15) is 0 Å². The van der Waals surface area contributed by atoms with Crippen LogP contribution in [0.2, 0.25) is 0 Å². The van der Waals surface area contributed by atoms with Gasteiger partial charge in [-0.2, -0.15) is 0 Å². The van der Waals surface area contributed by atoms with Gasteiger partial charge in [-0.05, 0) is 123 Å². The van der Waals surface area contributed by atoms with Crippen molar-refractivity contribution in [2.75, 3.05) is 0 Å². The fraction of sp³-hybridized carbons (Fsp3) is 1.00. The first kappa shape index (κ1) is 12.4. The Labute approximate surface area is 130 Å². The maximum absolute atomic E-state index is 2.61. The van der Waals surface area contributed by atoms with E-state index >= 15 is 0 Å². The van der Waals surface area contributed by atoms with Crippen LogP contribution in [0.5, 0.6) is 0 Å². The zero-order valence-corrected chi connectivity index (χ0v) is 13.7. The van der Waals surface area contributed by atoms with Crippen molar-refractivity contribution in [1.82, 2.24) is 0 Å². The van der Waals surface area contributed by atoms with Crippen LogP contribution in [0.25, 0.3) is 0 Å². The smallest absolute Gasteiger partial charge is 0.0318 e. The Kier molecular flexibility index (Phi) is 2.42. The molecule has 0 nitrogen and oxygen atoms in total. The Balaban J connectivity index is 1.45. The molecule has 21 heavy (non-hydrogen) atoms. The third kappa shape index (κ3) is 1.40. The Hall–Kier alpha value is 0. The summed E-state index contributed by atoms with van der Waals surface area (Å²) in [4.78, 5) is 0. The zero-order chi connectivity index (χ0) is 13.7. The molecular formula is C21H32. The van der Waals surface area contributed by atoms with Crippen LogP contribution < -0.4 is 0 Å². The molecule has 9 unspecified atom stereocenters. The molecule has 0 radical (unpaired) electrons. The molecule has 0 saturated heterocycles. The molecule has 9 aliphatic rings. The Morgan fingerprint density at radius 2 is 0.952 bits per heavy atom. The van der Waals surface area contributed by atoms with E-state index < -0.39 is 0 Å². The van der Waals surface area contributed by atoms with Crippen molar-refractivity contribution < 1.29 is 0 Å². The number of fused-ring (bicyclic) bond motifs is 5. The second-order valence-corrected chi connectivity index (χ2v) is 10.1. The SMILES string of the molecule is CC1CC2CCC1C1C3CCC(C4C5CCC(CC5)C34)C21. The molecule has 0 spiro atoms. The average Bonchev–Trinajstić information content (AvgIpc) is 2.57. The quantitative estimate of drug-likeness (QED) is 0.560. The van der Waals surface area contributed by atoms with E-state index in [1.807, 2.05) is 0 Å². The highest BCUT2D eigenvalue weighted by atomic mass is 14.7. The van der Waals surface area contributed by atoms with Crippen molar-refractivity contribution >= 4 is 0 Å². The molecule has 6 bridgehead atoms. The van der Waals surface area contributed by atoms with Gasteiger partial charge in [0.15, 0.2) is 0 Å². The Morgan fingerprint density at radius 1 is 0.476 bits per heavy atom. The fourth-order valence-electron chi connectivity index (χ4n) is 9.70. The molecule has 0 amide bonds. The predicted octanol–water partition coefficient (Wildman–Crippen LogP) is 5.38. The first-order valence-corrected chi connectivity index (χ1v) is 10.3. The topological polar surface area (TPSA) is 0 Å². The van der Waals surface area contributed by atoms with E-state index in [0.29, 0.717) is 0 Å². The van der Waals surface area contributed by atoms with Gasteiger partial charge in [-0.15, -0.1) is 0 Å². The van der Waals surface area contributed by atoms with E-state index in [0.717, 1.165) is 17.8 Å². The molecule has 0 aromatic heterocycles. The average molecular weight is 284 g/mol. The third-order valence-corrected chi connectivity index (χ3v) is 9.92. The maximum atomic E-state index is 2.61. The predicted molar refractivity (Wildman–Crippen MR) is 85.6 cm³/mol. The maximum Gasteiger partial charge on any atom is -0.0318 e. The van der Waals surface area contributed by atoms with Gasteiger partial charge in [0, 0.05) is 0 Å². The van der Waals surface area contributed by atoms with Gasteiger partial charge < -0.3 is 0 Å². The van der Waals surface area contributed by atoms with E-state index in [1.165, 1.54) is 47.3 Å². The summed E-state index contributed by atoms with van der Waals surface area (Å²) in [5.41, 5.74) is 0. The van der Waals surface area contributed by atoms with Gasteiger partial charge in [-0.1, -0.05) is 6.92 Å². The van der Waals surface area contributed by atoms with Gasteiger partial charge >= 0.3 is 0 Å². The lowest BCUT2D eigenvalue weighted by molar-refractivity contribution is -0.220. The van der Waals surface area contributed by atoms with Crippen molar-refractivity contribution in [1.29, 1.82) is 0 Å². The molecule has 0 heteroatoms. The highest BCUT2D eigenvalue weighted by molar-refractivity contribution is 5.13. The molecule has 9 atom stereocenters. The van der Waals surface area contributed by atoms with Crippen LogP contribution in [0.15, 0.2) is 0 Å². The van der Waals surface area contributed by atoms with Crippen molar-refractivity contribution in [3.63, 3.8) is 0 Å². The summed E-state index contributed by atoms with van der Waals surface area (Å²) in [6, 6.07) is 0. The Morgan fingerprint density at radius 3 is 1.57 bits per heavy atom. The molecule has 0 heterocycles. The van der Waals surface area contributed by atoms with E-state index in [4.69, 9.17) is 0 Å². The number of rotatable bonds is 0. The minimum Gasteiger partial charge on any atom is -0.0622 e. The molecule has 0 N–H and O–H groups in total. The van der Waals surface area contributed by atoms with Crippen LogP contribution in [0.4, 0.5) is 0 Å². The van der Waals surface area contributed by atoms with Crippen molar-refractivity contribution in [2.24, 2.45) is 65.1 Å². The molecular weight excluding hydrogens is 252 g/mol. The van der Waals surface area contributed by atoms with Gasteiger partial charge in [0.1, 0.15) is 0 Å². The summed E-state index contributed by atoms with van der Waals surface area (Å²) in [6.07, 6.45) is 14.6. The third-order valence-electron chi connectivity index (χ3n) is 9.92. The number of hydrogen-bond donors (Lipinski definition) is 0. The van der Waals surface area contributed by atoms with Crippen molar-refractivity contribution in [3.05, 3.63) is 0 Å². The first-order valence-electron chi connectivity index (χ1n) is 10.3. The second-order valence-electron chi connectivity index (χ2n) is 10.1. The van der Waals surface area contributed by atoms with Crippen molar-refractivity contribution in [2.45, 2.75) is 64.7 Å². The van der Waals surface area contributed by atoms with E-state index in [1.54, 1.807) is 57.8 Å². The molecule has 9 rings (SSSR count). The van der Waals surface area contributed by atoms with Crippen LogP contribution in [-0.4, -0.2) is 0 Å². The van der Waals surface area contributed by atoms with Gasteiger partial charge in [0.25, 0.3) is 0 Å². The standard InChI is InChI=1S/C21H32/c1-11-10-14-6-7-15(11)21-17-9-8-16(20(14)21)18-12-2-4-13(5-3-12)19(17)18/h11-21H,2-10H2,1H3. The van der Waals surface area contributed by atoms with Crippen LogP contribution in [0.1, 0.15) is 64.7 Å². The normalized spacial score (nSPS) is 67.0. The summed E-state index contributed by atoms with van der Waals surface area (Å²) in [7, 11) is 0. The van der Waals surface area contributed by atoms with Crippen LogP contribution in [0, 0.1) is 65.1 Å². The molecule has 0 aromatic rings. The van der Waals surface area contributed by atoms with Crippen LogP contribution in [-0.2, 0) is 0 Å². The molecule has 9 fully saturated rings. The molecule has 9 aliphatic carbocycles. The summed E-state index contributed by atoms with van der Waals surface area (Å²) < 4.78 is 0. The number of hydrogen-bond acceptors (Lipinski definition) is 0. The van der Waals surface area contributed by atoms with Crippen LogP contribution in [0.3, 0.4) is 0 Å². The minimum atomic E-state index is 1.07. The molecule has 116 valence electrons. The molecule has 0 aliphatic heterocycles. The van der Waals surface area contributed by atoms with Gasteiger partial charge in [-0.3, -0.25) is 0 Å². The van der Waals surface area contributed by atoms with Gasteiger partial charge in [0.2, 0.25) is 0 Å². The highest BCUT2D eigenvalue weighted by Crippen LogP contribution is 2.71. The fourth-order valence-corrected chi connectivity index (χ4v) is 9.70. The minimum absolute atomic E-state index is 1.07. The van der Waals surface area contributed by atoms with Crippen molar-refractivity contribution in [3.8, 4) is 0 Å². The van der Waals surface area contributed by atoms with Gasteiger partial charge in [-0.25, -0.2) is 0 Å². The molecule has 9 saturated carbocycles. The monoisotopic (exact) mass is 284 g/mol. The summed E-state index contributed by atoms with van der Waals surface area (Å²) in [5, 5.41) is 0. The van der Waals surface area contributed by atoms with Crippen LogP contribution >= 0.6 is 0 Å². The first-order chi connectivity index (χ1) is 10.3. The second kappa shape index (κ2) is 4.09. The lowest BCUT2D eigenvalue weighted by atomic mass is 9.34. The van der Waals surface area contributed by atoms with E-state index in [2.05, 4.69) is 6.92 Å². The van der Waals surface area contributed by atoms with E-state index in [-0.39, 0.29) is 0 Å². The summed E-state index contributed by atoms with van der Waals surface area (Å²) >= 11 is 0. The lowest BCUT2D eigenvalue weighted by Gasteiger charge is -2.70. The lowest BCUT2D eigenvalue weighted by Crippen LogP contribution is -2.64. The zero-order valence-electron chi connectivity index (χ0n) is 13.7. The molecule has 0 aromatic carbocycles. The summed E-state index contributed by atoms with van der Waals surface area (Å²) in [6.45, 7) is 2.61. The Bertz CT molecular complexity index is 445. The van der Waals surface area contributed by atoms with Gasteiger partial charge in [0.05, 0.1) is 0 Å². The highest BCUT2D eigenvalue weighted by Gasteiger charge is 2.65. The summed E-state index contributed by atoms with van der Waals surface area (Å²) in [5.74, 6) is 12.9.